The van der Waals surface area contributed by atoms with E-state index in [4.69, 9.17) is 9.47 Å². The summed E-state index contributed by atoms with van der Waals surface area (Å²) >= 11 is 0. The largest absolute Gasteiger partial charge is 0.497 e. The summed E-state index contributed by atoms with van der Waals surface area (Å²) in [7, 11) is 3.11. The van der Waals surface area contributed by atoms with Crippen LogP contribution in [0.2, 0.25) is 0 Å². The van der Waals surface area contributed by atoms with Crippen molar-refractivity contribution in [1.82, 2.24) is 9.78 Å². The Labute approximate surface area is 190 Å². The lowest BCUT2D eigenvalue weighted by Gasteiger charge is -2.32. The van der Waals surface area contributed by atoms with Gasteiger partial charge in [-0.15, -0.1) is 5.10 Å². The molecule has 1 N–H and O–H groups in total. The molecule has 2 heterocycles. The van der Waals surface area contributed by atoms with E-state index in [0.717, 1.165) is 0 Å². The second-order valence-electron chi connectivity index (χ2n) is 7.77. The van der Waals surface area contributed by atoms with Gasteiger partial charge >= 0.3 is 0 Å². The van der Waals surface area contributed by atoms with Gasteiger partial charge in [0.05, 0.1) is 19.9 Å². The molecular weight excluding hydrogens is 427 g/mol. The highest BCUT2D eigenvalue weighted by Gasteiger charge is 2.26. The minimum Gasteiger partial charge on any atom is -0.497 e. The molecule has 9 heteroatoms. The molecule has 172 valence electrons. The van der Waals surface area contributed by atoms with Crippen molar-refractivity contribution < 1.29 is 18.7 Å². The van der Waals surface area contributed by atoms with Crippen LogP contribution in [0.5, 0.6) is 11.5 Å². The molecule has 0 radical (unpaired) electrons. The number of carbonyl (C=O) groups is 1. The summed E-state index contributed by atoms with van der Waals surface area (Å²) in [5.41, 5.74) is 0.639. The van der Waals surface area contributed by atoms with E-state index in [2.05, 4.69) is 10.4 Å². The molecule has 0 saturated carbocycles. The highest BCUT2D eigenvalue weighted by Crippen LogP contribution is 2.28. The molecule has 1 saturated heterocycles. The Morgan fingerprint density at radius 1 is 1.03 bits per heavy atom. The number of aromatic nitrogens is 2. The molecule has 1 aliphatic rings. The average Bonchev–Trinajstić information content (AvgIpc) is 2.84. The first kappa shape index (κ1) is 22.3. The minimum absolute atomic E-state index is 0.0670. The lowest BCUT2D eigenvalue weighted by molar-refractivity contribution is -0.120. The van der Waals surface area contributed by atoms with Crippen molar-refractivity contribution >= 4 is 17.4 Å². The third-order valence-corrected chi connectivity index (χ3v) is 5.65. The number of anilines is 2. The summed E-state index contributed by atoms with van der Waals surface area (Å²) in [4.78, 5) is 27.1. The topological polar surface area (TPSA) is 85.7 Å². The Morgan fingerprint density at radius 2 is 1.73 bits per heavy atom. The van der Waals surface area contributed by atoms with Crippen molar-refractivity contribution in [3.05, 3.63) is 70.8 Å². The SMILES string of the molecule is COc1cc(NC(=O)C2CCN(c3ccc(=O)n(-c4cccc(F)c4)n3)CC2)cc(OC)c1. The number of nitrogens with zero attached hydrogens (tertiary/aromatic N) is 3. The van der Waals surface area contributed by atoms with Gasteiger partial charge in [-0.25, -0.2) is 4.39 Å². The number of hydrogen-bond acceptors (Lipinski definition) is 6. The molecule has 1 aromatic heterocycles. The second kappa shape index (κ2) is 9.72. The Balaban J connectivity index is 1.42. The van der Waals surface area contributed by atoms with E-state index in [0.29, 0.717) is 54.6 Å². The molecule has 2 aromatic carbocycles. The van der Waals surface area contributed by atoms with Crippen molar-refractivity contribution in [2.24, 2.45) is 5.92 Å². The second-order valence-corrected chi connectivity index (χ2v) is 7.77. The maximum absolute atomic E-state index is 13.6. The summed E-state index contributed by atoms with van der Waals surface area (Å²) in [6, 6.07) is 14.1. The zero-order valence-corrected chi connectivity index (χ0v) is 18.5. The van der Waals surface area contributed by atoms with E-state index in [1.165, 1.54) is 28.9 Å². The monoisotopic (exact) mass is 452 g/mol. The van der Waals surface area contributed by atoms with Gasteiger partial charge in [-0.2, -0.15) is 4.68 Å². The molecule has 0 atom stereocenters. The van der Waals surface area contributed by atoms with E-state index < -0.39 is 5.82 Å². The van der Waals surface area contributed by atoms with Gasteiger partial charge in [0.2, 0.25) is 5.91 Å². The number of hydrogen-bond donors (Lipinski definition) is 1. The van der Waals surface area contributed by atoms with Crippen molar-refractivity contribution in [3.8, 4) is 17.2 Å². The molecule has 0 spiro atoms. The van der Waals surface area contributed by atoms with Crippen molar-refractivity contribution in [1.29, 1.82) is 0 Å². The van der Waals surface area contributed by atoms with Crippen LogP contribution in [-0.4, -0.2) is 43.0 Å². The van der Waals surface area contributed by atoms with Crippen LogP contribution in [0.4, 0.5) is 15.9 Å². The number of amides is 1. The molecule has 1 fully saturated rings. The molecule has 4 rings (SSSR count). The molecular formula is C24H25FN4O4. The third kappa shape index (κ3) is 5.14. The van der Waals surface area contributed by atoms with Crippen LogP contribution < -0.4 is 25.2 Å². The quantitative estimate of drug-likeness (QED) is 0.618. The van der Waals surface area contributed by atoms with Crippen LogP contribution in [0.1, 0.15) is 12.8 Å². The molecule has 0 unspecified atom stereocenters. The predicted molar refractivity (Wildman–Crippen MR) is 123 cm³/mol. The van der Waals surface area contributed by atoms with Crippen LogP contribution in [0.3, 0.4) is 0 Å². The summed E-state index contributed by atoms with van der Waals surface area (Å²) in [5.74, 6) is 1.13. The van der Waals surface area contributed by atoms with Gasteiger partial charge < -0.3 is 19.7 Å². The van der Waals surface area contributed by atoms with Crippen LogP contribution >= 0.6 is 0 Å². The Kier molecular flexibility index (Phi) is 6.58. The number of ether oxygens (including phenoxy) is 2. The molecule has 33 heavy (non-hydrogen) atoms. The summed E-state index contributed by atoms with van der Waals surface area (Å²) in [6.45, 7) is 1.21. The molecule has 3 aromatic rings. The maximum Gasteiger partial charge on any atom is 0.271 e. The highest BCUT2D eigenvalue weighted by atomic mass is 19.1. The van der Waals surface area contributed by atoms with Gasteiger partial charge in [0.25, 0.3) is 5.56 Å². The number of piperidine rings is 1. The van der Waals surface area contributed by atoms with Gasteiger partial charge in [0.1, 0.15) is 23.1 Å². The minimum atomic E-state index is -0.438. The third-order valence-electron chi connectivity index (χ3n) is 5.65. The lowest BCUT2D eigenvalue weighted by Crippen LogP contribution is -2.39. The predicted octanol–water partition coefficient (Wildman–Crippen LogP) is 3.24. The Morgan fingerprint density at radius 3 is 2.36 bits per heavy atom. The van der Waals surface area contributed by atoms with Crippen LogP contribution in [0.25, 0.3) is 5.69 Å². The van der Waals surface area contributed by atoms with Gasteiger partial charge in [-0.3, -0.25) is 9.59 Å². The molecule has 1 aliphatic heterocycles. The van der Waals surface area contributed by atoms with Crippen LogP contribution in [0, 0.1) is 11.7 Å². The van der Waals surface area contributed by atoms with Crippen LogP contribution in [0.15, 0.2) is 59.4 Å². The maximum atomic E-state index is 13.6. The number of methoxy groups -OCH3 is 2. The van der Waals surface area contributed by atoms with E-state index >= 15 is 0 Å². The highest BCUT2D eigenvalue weighted by molar-refractivity contribution is 5.93. The van der Waals surface area contributed by atoms with E-state index in [1.54, 1.807) is 44.6 Å². The summed E-state index contributed by atoms with van der Waals surface area (Å²) < 4.78 is 25.3. The zero-order valence-electron chi connectivity index (χ0n) is 18.5. The first-order valence-electron chi connectivity index (χ1n) is 10.6. The standard InChI is InChI=1S/C24H25FN4O4/c1-32-20-13-18(14-21(15-20)33-2)26-24(31)16-8-10-28(11-9-16)22-6-7-23(30)29(27-22)19-5-3-4-17(25)12-19/h3-7,12-16H,8-11H2,1-2H3,(H,26,31). The van der Waals surface area contributed by atoms with Gasteiger partial charge in [-0.1, -0.05) is 6.07 Å². The number of benzene rings is 2. The molecule has 8 nitrogen and oxygen atoms in total. The van der Waals surface area contributed by atoms with E-state index in [1.807, 2.05) is 4.90 Å². The number of nitrogens with one attached hydrogen (secondary N) is 1. The van der Waals surface area contributed by atoms with Crippen molar-refractivity contribution in [3.63, 3.8) is 0 Å². The fourth-order valence-electron chi connectivity index (χ4n) is 3.86. The van der Waals surface area contributed by atoms with E-state index in [-0.39, 0.29) is 17.4 Å². The Hall–Kier alpha value is -3.88. The van der Waals surface area contributed by atoms with E-state index in [9.17, 15) is 14.0 Å². The van der Waals surface area contributed by atoms with Gasteiger partial charge in [0.15, 0.2) is 0 Å². The number of rotatable bonds is 6. The smallest absolute Gasteiger partial charge is 0.271 e. The number of halogens is 1. The lowest BCUT2D eigenvalue weighted by atomic mass is 9.96. The van der Waals surface area contributed by atoms with Crippen molar-refractivity contribution in [2.45, 2.75) is 12.8 Å². The average molecular weight is 452 g/mol. The molecule has 1 amide bonds. The Bertz CT molecular complexity index is 1180. The number of carbonyl (C=O) groups excluding carboxylic acids is 1. The fraction of sp³-hybridized carbons (Fsp3) is 0.292. The van der Waals surface area contributed by atoms with Crippen molar-refractivity contribution in [2.75, 3.05) is 37.5 Å². The van der Waals surface area contributed by atoms with Gasteiger partial charge in [0, 0.05) is 49.0 Å². The molecule has 0 bridgehead atoms. The summed E-state index contributed by atoms with van der Waals surface area (Å²) in [5, 5.41) is 7.36. The fourth-order valence-corrected chi connectivity index (χ4v) is 3.86. The zero-order chi connectivity index (χ0) is 23.4. The molecule has 0 aliphatic carbocycles. The van der Waals surface area contributed by atoms with Crippen LogP contribution in [-0.2, 0) is 4.79 Å². The first-order valence-corrected chi connectivity index (χ1v) is 10.6. The first-order chi connectivity index (χ1) is 16.0. The van der Waals surface area contributed by atoms with Gasteiger partial charge in [-0.05, 0) is 37.1 Å². The normalized spacial score (nSPS) is 14.1. The summed E-state index contributed by atoms with van der Waals surface area (Å²) in [6.07, 6.45) is 1.27.